The molecule has 0 saturated heterocycles. The van der Waals surface area contributed by atoms with E-state index in [9.17, 15) is 33.0 Å². The molecule has 9 nitrogen and oxygen atoms in total. The highest BCUT2D eigenvalue weighted by atomic mass is 32.1. The van der Waals surface area contributed by atoms with E-state index in [4.69, 9.17) is 5.73 Å². The zero-order valence-corrected chi connectivity index (χ0v) is 17.8. The molecule has 0 saturated carbocycles. The van der Waals surface area contributed by atoms with E-state index >= 15 is 0 Å². The Bertz CT molecular complexity index is 1260. The van der Waals surface area contributed by atoms with Gasteiger partial charge in [0.15, 0.2) is 10.9 Å². The van der Waals surface area contributed by atoms with E-state index in [-0.39, 0.29) is 21.8 Å². The fourth-order valence-corrected chi connectivity index (χ4v) is 4.62. The Morgan fingerprint density at radius 3 is 2.67 bits per heavy atom. The number of carboxylic acid groups (broad SMARTS) is 1. The van der Waals surface area contributed by atoms with Crippen LogP contribution in [0, 0.1) is 0 Å². The van der Waals surface area contributed by atoms with Crippen molar-refractivity contribution in [3.8, 4) is 0 Å². The van der Waals surface area contributed by atoms with E-state index in [1.807, 2.05) is 0 Å². The first-order valence-electron chi connectivity index (χ1n) is 9.52. The molecule has 174 valence electrons. The van der Waals surface area contributed by atoms with Gasteiger partial charge in [-0.05, 0) is 36.4 Å². The van der Waals surface area contributed by atoms with Crippen molar-refractivity contribution in [1.29, 1.82) is 0 Å². The third kappa shape index (κ3) is 4.12. The standard InChI is InChI=1S/C20H18F3N5O4S/c1-28-13-5-2-9(17(31)32)6-12(13)26-19(28,8-14(29)16(24)30)27-18-25-11-4-3-10(20(21,22)23)7-15(11)33-18/h2-7,14,26,29H,8H2,1H3,(H2,24,30)(H,25,27)(H,31,32)/t14-,19?/m0/s1. The van der Waals surface area contributed by atoms with Crippen molar-refractivity contribution in [1.82, 2.24) is 4.98 Å². The normalized spacial score (nSPS) is 18.6. The number of amides is 1. The van der Waals surface area contributed by atoms with Gasteiger partial charge in [-0.1, -0.05) is 11.3 Å². The maximum Gasteiger partial charge on any atom is 0.416 e. The summed E-state index contributed by atoms with van der Waals surface area (Å²) in [6.07, 6.45) is -6.37. The van der Waals surface area contributed by atoms with Gasteiger partial charge in [0, 0.05) is 13.5 Å². The van der Waals surface area contributed by atoms with E-state index in [0.29, 0.717) is 16.9 Å². The molecule has 1 aliphatic rings. The Labute approximate surface area is 188 Å². The summed E-state index contributed by atoms with van der Waals surface area (Å²) in [6.45, 7) is 0. The number of carboxylic acids is 1. The Morgan fingerprint density at radius 2 is 2.03 bits per heavy atom. The summed E-state index contributed by atoms with van der Waals surface area (Å²) in [5.41, 5.74) is 5.73. The Hall–Kier alpha value is -3.58. The molecule has 1 unspecified atom stereocenters. The molecule has 0 bridgehead atoms. The van der Waals surface area contributed by atoms with Crippen LogP contribution in [0.15, 0.2) is 36.4 Å². The number of hydrogen-bond donors (Lipinski definition) is 5. The highest BCUT2D eigenvalue weighted by Crippen LogP contribution is 2.43. The molecule has 1 amide bonds. The third-order valence-corrected chi connectivity index (χ3v) is 6.30. The summed E-state index contributed by atoms with van der Waals surface area (Å²) in [5, 5.41) is 25.8. The number of nitrogens with two attached hydrogens (primary N) is 1. The number of aliphatic hydroxyl groups excluding tert-OH is 1. The first-order valence-corrected chi connectivity index (χ1v) is 10.3. The zero-order chi connectivity index (χ0) is 24.1. The lowest BCUT2D eigenvalue weighted by atomic mass is 10.1. The number of rotatable bonds is 6. The van der Waals surface area contributed by atoms with Gasteiger partial charge in [-0.25, -0.2) is 9.78 Å². The molecule has 0 radical (unpaired) electrons. The SMILES string of the molecule is CN1c2ccc(C(=O)O)cc2NC1(C[C@H](O)C(N)=O)Nc1nc2ccc(C(F)(F)F)cc2s1. The minimum absolute atomic E-state index is 0.0144. The first-order chi connectivity index (χ1) is 15.4. The van der Waals surface area contributed by atoms with E-state index in [1.54, 1.807) is 18.0 Å². The second-order valence-electron chi connectivity index (χ2n) is 7.53. The van der Waals surface area contributed by atoms with Crippen molar-refractivity contribution in [3.05, 3.63) is 47.5 Å². The van der Waals surface area contributed by atoms with E-state index in [1.165, 1.54) is 18.2 Å². The topological polar surface area (TPSA) is 141 Å². The van der Waals surface area contributed by atoms with Crippen molar-refractivity contribution >= 4 is 49.9 Å². The van der Waals surface area contributed by atoms with Gasteiger partial charge >= 0.3 is 12.1 Å². The molecule has 33 heavy (non-hydrogen) atoms. The lowest BCUT2D eigenvalue weighted by Gasteiger charge is -2.39. The average Bonchev–Trinajstić information content (AvgIpc) is 3.24. The molecule has 0 fully saturated rings. The number of fused-ring (bicyclic) bond motifs is 2. The molecule has 2 aromatic carbocycles. The number of primary amides is 1. The predicted octanol–water partition coefficient (Wildman–Crippen LogP) is 2.88. The molecule has 2 atom stereocenters. The van der Waals surface area contributed by atoms with Gasteiger partial charge in [0.2, 0.25) is 5.91 Å². The maximum atomic E-state index is 13.1. The summed E-state index contributed by atoms with van der Waals surface area (Å²) in [6, 6.07) is 7.52. The van der Waals surface area contributed by atoms with Gasteiger partial charge < -0.3 is 31.5 Å². The summed E-state index contributed by atoms with van der Waals surface area (Å²) in [4.78, 5) is 28.9. The molecule has 1 aliphatic heterocycles. The van der Waals surface area contributed by atoms with Crippen LogP contribution >= 0.6 is 11.3 Å². The van der Waals surface area contributed by atoms with Crippen LogP contribution in [0.3, 0.4) is 0 Å². The van der Waals surface area contributed by atoms with Gasteiger partial charge in [-0.2, -0.15) is 13.2 Å². The number of alkyl halides is 3. The number of aromatic carboxylic acids is 1. The molecule has 0 spiro atoms. The second-order valence-corrected chi connectivity index (χ2v) is 8.56. The van der Waals surface area contributed by atoms with Crippen LogP contribution in [0.4, 0.5) is 29.7 Å². The van der Waals surface area contributed by atoms with E-state index in [0.717, 1.165) is 23.5 Å². The molecule has 13 heteroatoms. The molecule has 3 aromatic rings. The van der Waals surface area contributed by atoms with E-state index < -0.39 is 35.5 Å². The fraction of sp³-hybridized carbons (Fsp3) is 0.250. The van der Waals surface area contributed by atoms with Crippen molar-refractivity contribution in [2.24, 2.45) is 5.73 Å². The second kappa shape index (κ2) is 7.78. The highest BCUT2D eigenvalue weighted by molar-refractivity contribution is 7.22. The number of thiazole rings is 1. The lowest BCUT2D eigenvalue weighted by molar-refractivity contribution is -0.137. The smallest absolute Gasteiger partial charge is 0.416 e. The summed E-state index contributed by atoms with van der Waals surface area (Å²) < 4.78 is 39.5. The van der Waals surface area contributed by atoms with Gasteiger partial charge in [-0.15, -0.1) is 0 Å². The average molecular weight is 481 g/mol. The van der Waals surface area contributed by atoms with Gasteiger partial charge in [-0.3, -0.25) is 4.79 Å². The molecule has 0 aliphatic carbocycles. The van der Waals surface area contributed by atoms with Crippen LogP contribution in [-0.2, 0) is 11.0 Å². The van der Waals surface area contributed by atoms with Crippen molar-refractivity contribution in [2.45, 2.75) is 24.5 Å². The maximum absolute atomic E-state index is 13.1. The number of aliphatic hydroxyl groups is 1. The molecule has 2 heterocycles. The summed E-state index contributed by atoms with van der Waals surface area (Å²) in [5.74, 6) is -3.50. The first kappa shape index (κ1) is 22.6. The molecule has 1 aromatic heterocycles. The number of anilines is 3. The molecular formula is C20H18F3N5O4S. The minimum atomic E-state index is -4.50. The quantitative estimate of drug-likeness (QED) is 0.362. The Morgan fingerprint density at radius 1 is 1.30 bits per heavy atom. The monoisotopic (exact) mass is 481 g/mol. The number of carbonyl (C=O) groups excluding carboxylic acids is 1. The van der Waals surface area contributed by atoms with Crippen molar-refractivity contribution < 1.29 is 33.0 Å². The number of carbonyl (C=O) groups is 2. The fourth-order valence-electron chi connectivity index (χ4n) is 3.64. The zero-order valence-electron chi connectivity index (χ0n) is 17.0. The number of nitrogens with zero attached hydrogens (tertiary/aromatic N) is 2. The van der Waals surface area contributed by atoms with Crippen LogP contribution in [0.2, 0.25) is 0 Å². The lowest BCUT2D eigenvalue weighted by Crippen LogP contribution is -2.58. The minimum Gasteiger partial charge on any atom is -0.478 e. The summed E-state index contributed by atoms with van der Waals surface area (Å²) in [7, 11) is 1.63. The van der Waals surface area contributed by atoms with Crippen LogP contribution in [0.25, 0.3) is 10.2 Å². The number of aromatic nitrogens is 1. The molecule has 4 rings (SSSR count). The number of nitrogens with one attached hydrogen (secondary N) is 2. The number of benzene rings is 2. The van der Waals surface area contributed by atoms with Crippen LogP contribution in [0.1, 0.15) is 22.3 Å². The third-order valence-electron chi connectivity index (χ3n) is 5.37. The van der Waals surface area contributed by atoms with Gasteiger partial charge in [0.1, 0.15) is 6.10 Å². The Kier molecular flexibility index (Phi) is 5.33. The summed E-state index contributed by atoms with van der Waals surface area (Å²) >= 11 is 0.956. The van der Waals surface area contributed by atoms with Gasteiger partial charge in [0.25, 0.3) is 0 Å². The number of hydrogen-bond acceptors (Lipinski definition) is 8. The van der Waals surface area contributed by atoms with Crippen molar-refractivity contribution in [2.75, 3.05) is 22.6 Å². The number of halogens is 3. The largest absolute Gasteiger partial charge is 0.478 e. The van der Waals surface area contributed by atoms with E-state index in [2.05, 4.69) is 15.6 Å². The molecule has 6 N–H and O–H groups in total. The Balaban J connectivity index is 1.74. The molecular weight excluding hydrogens is 463 g/mol. The predicted molar refractivity (Wildman–Crippen MR) is 116 cm³/mol. The van der Waals surface area contributed by atoms with Crippen LogP contribution in [-0.4, -0.2) is 46.0 Å². The van der Waals surface area contributed by atoms with Crippen LogP contribution in [0.5, 0.6) is 0 Å². The van der Waals surface area contributed by atoms with Crippen molar-refractivity contribution in [3.63, 3.8) is 0 Å². The van der Waals surface area contributed by atoms with Gasteiger partial charge in [0.05, 0.1) is 32.7 Å². The highest BCUT2D eigenvalue weighted by Gasteiger charge is 2.45. The van der Waals surface area contributed by atoms with Crippen LogP contribution < -0.4 is 21.3 Å².